The average molecular weight is 623 g/mol. The molecule has 0 unspecified atom stereocenters. The molecule has 3 heterocycles. The number of para-hydroxylation sites is 1. The van der Waals surface area contributed by atoms with Gasteiger partial charge in [0.2, 0.25) is 5.91 Å². The van der Waals surface area contributed by atoms with Crippen molar-refractivity contribution in [2.45, 2.75) is 31.8 Å². The molecular weight excluding hydrogens is 588 g/mol. The molecule has 1 aromatic heterocycles. The lowest BCUT2D eigenvalue weighted by Gasteiger charge is -2.34. The Labute approximate surface area is 267 Å². The highest BCUT2D eigenvalue weighted by atomic mass is 35.5. The van der Waals surface area contributed by atoms with Gasteiger partial charge in [-0.3, -0.25) is 9.78 Å². The van der Waals surface area contributed by atoms with Gasteiger partial charge in [0.15, 0.2) is 0 Å². The van der Waals surface area contributed by atoms with Crippen LogP contribution in [0.3, 0.4) is 0 Å². The summed E-state index contributed by atoms with van der Waals surface area (Å²) in [7, 11) is 2.13. The van der Waals surface area contributed by atoms with Crippen molar-refractivity contribution in [2.75, 3.05) is 43.4 Å². The second-order valence-corrected chi connectivity index (χ2v) is 11.9. The van der Waals surface area contributed by atoms with Gasteiger partial charge >= 0.3 is 0 Å². The second-order valence-electron chi connectivity index (χ2n) is 11.5. The quantitative estimate of drug-likeness (QED) is 0.207. The van der Waals surface area contributed by atoms with Crippen LogP contribution in [0.5, 0.6) is 17.2 Å². The monoisotopic (exact) mass is 622 g/mol. The Hall–Kier alpha value is -4.78. The minimum absolute atomic E-state index is 0.0993. The molecule has 0 radical (unpaired) electrons. The first-order valence-electron chi connectivity index (χ1n) is 15.1. The van der Waals surface area contributed by atoms with Crippen molar-refractivity contribution in [3.8, 4) is 23.3 Å². The summed E-state index contributed by atoms with van der Waals surface area (Å²) in [4.78, 5) is 20.7. The van der Waals surface area contributed by atoms with Crippen LogP contribution in [0.1, 0.15) is 31.2 Å². The molecule has 0 bridgehead atoms. The fourth-order valence-corrected chi connectivity index (χ4v) is 6.07. The lowest BCUT2D eigenvalue weighted by Crippen LogP contribution is -2.36. The molecule has 9 nitrogen and oxygen atoms in total. The number of nitrogens with two attached hydrogens (primary N) is 1. The van der Waals surface area contributed by atoms with Crippen molar-refractivity contribution in [3.05, 3.63) is 89.1 Å². The number of nitrogens with zero attached hydrogens (tertiary/aromatic N) is 4. The first-order chi connectivity index (χ1) is 21.9. The highest BCUT2D eigenvalue weighted by Gasteiger charge is 2.25. The van der Waals surface area contributed by atoms with Crippen molar-refractivity contribution in [1.29, 1.82) is 5.26 Å². The number of nitrogens with one attached hydrogen (secondary N) is 1. The number of primary amides is 1. The molecule has 3 N–H and O–H groups in total. The van der Waals surface area contributed by atoms with E-state index in [0.717, 1.165) is 61.2 Å². The minimum Gasteiger partial charge on any atom is -0.488 e. The normalized spacial score (nSPS) is 15.8. The molecule has 4 aromatic rings. The number of anilines is 3. The summed E-state index contributed by atoms with van der Waals surface area (Å²) in [5.41, 5.74) is 9.86. The number of rotatable bonds is 8. The van der Waals surface area contributed by atoms with E-state index in [1.165, 1.54) is 0 Å². The number of fused-ring (bicyclic) bond motifs is 1. The molecule has 2 fully saturated rings. The summed E-state index contributed by atoms with van der Waals surface area (Å²) in [6.45, 7) is 3.38. The first-order valence-corrected chi connectivity index (χ1v) is 15.5. The summed E-state index contributed by atoms with van der Waals surface area (Å²) in [6.07, 6.45) is 6.57. The molecule has 0 saturated carbocycles. The Balaban J connectivity index is 1.35. The summed E-state index contributed by atoms with van der Waals surface area (Å²) in [6, 6.07) is 21.2. The summed E-state index contributed by atoms with van der Waals surface area (Å²) >= 11 is 6.63. The molecule has 1 amide bonds. The predicted molar refractivity (Wildman–Crippen MR) is 178 cm³/mol. The molecule has 2 aliphatic heterocycles. The number of likely N-dealkylation sites (tertiary alicyclic amines) is 1. The van der Waals surface area contributed by atoms with E-state index in [-0.39, 0.29) is 6.10 Å². The van der Waals surface area contributed by atoms with Crippen LogP contribution >= 0.6 is 11.6 Å². The first kappa shape index (κ1) is 30.3. The minimum atomic E-state index is -0.416. The summed E-state index contributed by atoms with van der Waals surface area (Å²) < 4.78 is 12.6. The number of hydrogen-bond donors (Lipinski definition) is 2. The highest BCUT2D eigenvalue weighted by molar-refractivity contribution is 6.32. The van der Waals surface area contributed by atoms with Crippen molar-refractivity contribution < 1.29 is 14.3 Å². The molecule has 45 heavy (non-hydrogen) atoms. The Morgan fingerprint density at radius 2 is 1.82 bits per heavy atom. The van der Waals surface area contributed by atoms with E-state index in [1.54, 1.807) is 24.4 Å². The van der Waals surface area contributed by atoms with E-state index in [0.29, 0.717) is 52.1 Å². The fraction of sp³-hybridized carbons (Fsp3) is 0.286. The summed E-state index contributed by atoms with van der Waals surface area (Å²) in [5, 5.41) is 14.7. The highest BCUT2D eigenvalue weighted by Crippen LogP contribution is 2.41. The van der Waals surface area contributed by atoms with Crippen molar-refractivity contribution in [3.63, 3.8) is 0 Å². The lowest BCUT2D eigenvalue weighted by molar-refractivity contribution is -0.113. The van der Waals surface area contributed by atoms with Crippen LogP contribution in [-0.2, 0) is 4.79 Å². The van der Waals surface area contributed by atoms with Gasteiger partial charge in [-0.25, -0.2) is 0 Å². The maximum Gasteiger partial charge on any atom is 0.241 e. The number of carbonyl (C=O) groups is 1. The maximum atomic E-state index is 11.5. The van der Waals surface area contributed by atoms with Crippen molar-refractivity contribution >= 4 is 45.5 Å². The maximum absolute atomic E-state index is 11.5. The van der Waals surface area contributed by atoms with Gasteiger partial charge in [0.1, 0.15) is 29.4 Å². The van der Waals surface area contributed by atoms with Crippen LogP contribution in [0.2, 0.25) is 5.02 Å². The SMILES string of the molecule is CN1CCC(Oc2cc3ncc(C#N)c(Nc4ccc(Oc5ccccc5)c(Cl)c4)c3cc2N2CCC(=CC(N)=O)CC2)CC1. The number of carbonyl (C=O) groups excluding carboxylic acids is 1. The van der Waals surface area contributed by atoms with E-state index in [2.05, 4.69) is 39.3 Å². The standard InChI is InChI=1S/C35H35ClN6O3/c1-41-13-11-27(12-14-41)45-33-20-30-28(19-31(33)42-15-9-23(10-16-42)17-34(38)43)35(24(21-37)22-39-30)40-25-7-8-32(29(36)18-25)44-26-5-3-2-4-6-26/h2-8,17-20,22,27H,9-16H2,1H3,(H2,38,43)(H,39,40). The molecular formula is C35H35ClN6O3. The third-order valence-corrected chi connectivity index (χ3v) is 8.59. The van der Waals surface area contributed by atoms with E-state index in [9.17, 15) is 10.1 Å². The molecule has 2 saturated heterocycles. The molecule has 230 valence electrons. The number of hydrogen-bond acceptors (Lipinski definition) is 8. The predicted octanol–water partition coefficient (Wildman–Crippen LogP) is 6.78. The second kappa shape index (κ2) is 13.5. The number of ether oxygens (including phenoxy) is 2. The molecule has 6 rings (SSSR count). The van der Waals surface area contributed by atoms with Gasteiger partial charge in [-0.1, -0.05) is 35.4 Å². The van der Waals surface area contributed by atoms with E-state index in [4.69, 9.17) is 26.8 Å². The molecule has 2 aliphatic rings. The van der Waals surface area contributed by atoms with Gasteiger partial charge in [0.05, 0.1) is 27.5 Å². The van der Waals surface area contributed by atoms with E-state index < -0.39 is 5.91 Å². The molecule has 3 aromatic carbocycles. The number of pyridine rings is 1. The molecule has 10 heteroatoms. The number of benzene rings is 3. The van der Waals surface area contributed by atoms with Gasteiger partial charge in [-0.2, -0.15) is 5.26 Å². The third-order valence-electron chi connectivity index (χ3n) is 8.29. The number of piperidine rings is 2. The van der Waals surface area contributed by atoms with Crippen LogP contribution in [-0.4, -0.2) is 55.1 Å². The molecule has 0 aliphatic carbocycles. The Morgan fingerprint density at radius 3 is 2.51 bits per heavy atom. The lowest BCUT2D eigenvalue weighted by atomic mass is 10.0. The van der Waals surface area contributed by atoms with E-state index in [1.807, 2.05) is 42.5 Å². The zero-order chi connectivity index (χ0) is 31.3. The van der Waals surface area contributed by atoms with Crippen LogP contribution in [0, 0.1) is 11.3 Å². The number of nitriles is 1. The fourth-order valence-electron chi connectivity index (χ4n) is 5.85. The summed E-state index contributed by atoms with van der Waals surface area (Å²) in [5.74, 6) is 1.57. The molecule has 0 spiro atoms. The van der Waals surface area contributed by atoms with Gasteiger partial charge in [-0.15, -0.1) is 0 Å². The van der Waals surface area contributed by atoms with E-state index >= 15 is 0 Å². The number of amides is 1. The van der Waals surface area contributed by atoms with Crippen molar-refractivity contribution in [2.24, 2.45) is 5.73 Å². The third kappa shape index (κ3) is 7.14. The van der Waals surface area contributed by atoms with Crippen LogP contribution in [0.4, 0.5) is 17.1 Å². The van der Waals surface area contributed by atoms with Gasteiger partial charge in [0, 0.05) is 55.6 Å². The number of halogens is 1. The van der Waals surface area contributed by atoms with Gasteiger partial charge in [0.25, 0.3) is 0 Å². The van der Waals surface area contributed by atoms with Crippen LogP contribution in [0.15, 0.2) is 78.5 Å². The number of aromatic nitrogens is 1. The zero-order valence-electron chi connectivity index (χ0n) is 25.1. The average Bonchev–Trinajstić information content (AvgIpc) is 3.04. The zero-order valence-corrected chi connectivity index (χ0v) is 25.9. The van der Waals surface area contributed by atoms with Gasteiger partial charge in [-0.05, 0) is 69.1 Å². The van der Waals surface area contributed by atoms with Crippen molar-refractivity contribution in [1.82, 2.24) is 9.88 Å². The largest absolute Gasteiger partial charge is 0.488 e. The van der Waals surface area contributed by atoms with Crippen LogP contribution < -0.4 is 25.4 Å². The molecule has 0 atom stereocenters. The Bertz CT molecular complexity index is 1770. The van der Waals surface area contributed by atoms with Gasteiger partial charge < -0.3 is 30.3 Å². The Kier molecular flexibility index (Phi) is 9.06. The van der Waals surface area contributed by atoms with Crippen LogP contribution in [0.25, 0.3) is 10.9 Å². The Morgan fingerprint density at radius 1 is 1.07 bits per heavy atom. The smallest absolute Gasteiger partial charge is 0.241 e. The topological polar surface area (TPSA) is 117 Å².